The molecule has 0 aromatic carbocycles. The summed E-state index contributed by atoms with van der Waals surface area (Å²) in [6.45, 7) is 5.83. The molecule has 76 valence electrons. The summed E-state index contributed by atoms with van der Waals surface area (Å²) in [6.07, 6.45) is 1.96. The van der Waals surface area contributed by atoms with Gasteiger partial charge in [0, 0.05) is 26.6 Å². The zero-order chi connectivity index (χ0) is 9.84. The van der Waals surface area contributed by atoms with Crippen molar-refractivity contribution in [2.24, 2.45) is 11.8 Å². The van der Waals surface area contributed by atoms with Crippen molar-refractivity contribution in [1.29, 1.82) is 0 Å². The number of carbonyl (C=O) groups excluding carboxylic acids is 1. The smallest absolute Gasteiger partial charge is 0.219 e. The number of carbonyl (C=O) groups is 1. The van der Waals surface area contributed by atoms with Crippen molar-refractivity contribution in [3.8, 4) is 0 Å². The average molecular weight is 185 g/mol. The highest BCUT2D eigenvalue weighted by molar-refractivity contribution is 5.73. The maximum Gasteiger partial charge on any atom is 0.219 e. The lowest BCUT2D eigenvalue weighted by molar-refractivity contribution is -0.127. The Balaban J connectivity index is 2.35. The monoisotopic (exact) mass is 185 g/mol. The van der Waals surface area contributed by atoms with Gasteiger partial charge < -0.3 is 10.0 Å². The number of likely N-dealkylation sites (tertiary alicyclic amines) is 1. The van der Waals surface area contributed by atoms with E-state index in [1.807, 2.05) is 4.90 Å². The highest BCUT2D eigenvalue weighted by Gasteiger charge is 2.27. The standard InChI is InChI=1S/C10H19NO2/c1-8(4-6-12)10-3-5-11(7-10)9(2)13/h8,10,12H,3-7H2,1-2H3. The maximum absolute atomic E-state index is 11.0. The Labute approximate surface area is 79.7 Å². The quantitative estimate of drug-likeness (QED) is 0.709. The molecule has 0 aliphatic carbocycles. The van der Waals surface area contributed by atoms with E-state index in [4.69, 9.17) is 5.11 Å². The minimum atomic E-state index is 0.179. The molecule has 3 heteroatoms. The molecular weight excluding hydrogens is 166 g/mol. The van der Waals surface area contributed by atoms with Crippen LogP contribution in [0.15, 0.2) is 0 Å². The Morgan fingerprint density at radius 1 is 1.69 bits per heavy atom. The summed E-state index contributed by atoms with van der Waals surface area (Å²) < 4.78 is 0. The zero-order valence-electron chi connectivity index (χ0n) is 8.49. The molecule has 13 heavy (non-hydrogen) atoms. The molecule has 0 spiro atoms. The molecule has 1 amide bonds. The van der Waals surface area contributed by atoms with Gasteiger partial charge in [-0.25, -0.2) is 0 Å². The Bertz CT molecular complexity index is 182. The molecule has 2 unspecified atom stereocenters. The molecular formula is C10H19NO2. The number of hydrogen-bond donors (Lipinski definition) is 1. The largest absolute Gasteiger partial charge is 0.396 e. The molecule has 1 aliphatic rings. The molecule has 0 radical (unpaired) electrons. The summed E-state index contributed by atoms with van der Waals surface area (Å²) in [6, 6.07) is 0. The first-order chi connectivity index (χ1) is 6.15. The molecule has 1 aliphatic heterocycles. The highest BCUT2D eigenvalue weighted by atomic mass is 16.3. The predicted molar refractivity (Wildman–Crippen MR) is 51.2 cm³/mol. The molecule has 1 N–H and O–H groups in total. The summed E-state index contributed by atoms with van der Waals surface area (Å²) in [5.74, 6) is 1.31. The van der Waals surface area contributed by atoms with E-state index in [1.165, 1.54) is 0 Å². The Morgan fingerprint density at radius 3 is 2.85 bits per heavy atom. The fraction of sp³-hybridized carbons (Fsp3) is 0.900. The Morgan fingerprint density at radius 2 is 2.38 bits per heavy atom. The van der Waals surface area contributed by atoms with Crippen LogP contribution in [0.2, 0.25) is 0 Å². The lowest BCUT2D eigenvalue weighted by Crippen LogP contribution is -2.27. The predicted octanol–water partition coefficient (Wildman–Crippen LogP) is 0.873. The fourth-order valence-corrected chi connectivity index (χ4v) is 1.98. The summed E-state index contributed by atoms with van der Waals surface area (Å²) in [5, 5.41) is 8.79. The van der Waals surface area contributed by atoms with Gasteiger partial charge in [-0.1, -0.05) is 6.92 Å². The lowest BCUT2D eigenvalue weighted by Gasteiger charge is -2.18. The number of aliphatic hydroxyl groups excluding tert-OH is 1. The molecule has 1 fully saturated rings. The van der Waals surface area contributed by atoms with Crippen LogP contribution in [-0.4, -0.2) is 35.6 Å². The molecule has 0 bridgehead atoms. The van der Waals surface area contributed by atoms with Crippen LogP contribution in [0.25, 0.3) is 0 Å². The third-order valence-electron chi connectivity index (χ3n) is 3.06. The van der Waals surface area contributed by atoms with Gasteiger partial charge in [-0.15, -0.1) is 0 Å². The number of amides is 1. The van der Waals surface area contributed by atoms with Gasteiger partial charge in [-0.3, -0.25) is 4.79 Å². The second kappa shape index (κ2) is 4.61. The van der Waals surface area contributed by atoms with E-state index in [0.717, 1.165) is 25.9 Å². The van der Waals surface area contributed by atoms with Crippen LogP contribution in [0, 0.1) is 11.8 Å². The van der Waals surface area contributed by atoms with Crippen molar-refractivity contribution in [2.75, 3.05) is 19.7 Å². The highest BCUT2D eigenvalue weighted by Crippen LogP contribution is 2.25. The molecule has 0 saturated carbocycles. The average Bonchev–Trinajstić information content (AvgIpc) is 2.52. The van der Waals surface area contributed by atoms with Crippen LogP contribution < -0.4 is 0 Å². The molecule has 3 nitrogen and oxygen atoms in total. The van der Waals surface area contributed by atoms with Crippen molar-refractivity contribution >= 4 is 5.91 Å². The van der Waals surface area contributed by atoms with E-state index < -0.39 is 0 Å². The summed E-state index contributed by atoms with van der Waals surface area (Å²) in [7, 11) is 0. The first-order valence-electron chi connectivity index (χ1n) is 5.01. The summed E-state index contributed by atoms with van der Waals surface area (Å²) in [5.41, 5.74) is 0. The van der Waals surface area contributed by atoms with Crippen LogP contribution in [0.5, 0.6) is 0 Å². The van der Waals surface area contributed by atoms with E-state index in [1.54, 1.807) is 6.92 Å². The third-order valence-corrected chi connectivity index (χ3v) is 3.06. The van der Waals surface area contributed by atoms with Crippen LogP contribution in [0.1, 0.15) is 26.7 Å². The van der Waals surface area contributed by atoms with Crippen LogP contribution in [0.3, 0.4) is 0 Å². The van der Waals surface area contributed by atoms with Gasteiger partial charge in [0.05, 0.1) is 0 Å². The Kier molecular flexibility index (Phi) is 3.72. The van der Waals surface area contributed by atoms with Crippen molar-refractivity contribution in [1.82, 2.24) is 4.90 Å². The van der Waals surface area contributed by atoms with Gasteiger partial charge in [0.25, 0.3) is 0 Å². The number of hydrogen-bond acceptors (Lipinski definition) is 2. The van der Waals surface area contributed by atoms with Crippen LogP contribution in [0.4, 0.5) is 0 Å². The fourth-order valence-electron chi connectivity index (χ4n) is 1.98. The molecule has 1 saturated heterocycles. The van der Waals surface area contributed by atoms with Gasteiger partial charge in [0.2, 0.25) is 5.91 Å². The van der Waals surface area contributed by atoms with Gasteiger partial charge in [-0.05, 0) is 24.7 Å². The van der Waals surface area contributed by atoms with Crippen molar-refractivity contribution in [3.05, 3.63) is 0 Å². The number of rotatable bonds is 3. The zero-order valence-corrected chi connectivity index (χ0v) is 8.49. The second-order valence-corrected chi connectivity index (χ2v) is 4.00. The van der Waals surface area contributed by atoms with Gasteiger partial charge >= 0.3 is 0 Å². The summed E-state index contributed by atoms with van der Waals surface area (Å²) in [4.78, 5) is 12.9. The maximum atomic E-state index is 11.0. The van der Waals surface area contributed by atoms with E-state index in [-0.39, 0.29) is 12.5 Å². The minimum absolute atomic E-state index is 0.179. The van der Waals surface area contributed by atoms with E-state index in [9.17, 15) is 4.79 Å². The molecule has 0 aromatic heterocycles. The normalized spacial score (nSPS) is 24.8. The number of nitrogens with zero attached hydrogens (tertiary/aromatic N) is 1. The van der Waals surface area contributed by atoms with E-state index in [0.29, 0.717) is 11.8 Å². The first-order valence-corrected chi connectivity index (χ1v) is 5.01. The SMILES string of the molecule is CC(=O)N1CCC(C(C)CCO)C1. The number of aliphatic hydroxyl groups is 1. The van der Waals surface area contributed by atoms with Crippen LogP contribution >= 0.6 is 0 Å². The minimum Gasteiger partial charge on any atom is -0.396 e. The molecule has 1 rings (SSSR count). The molecule has 0 aromatic rings. The van der Waals surface area contributed by atoms with E-state index >= 15 is 0 Å². The van der Waals surface area contributed by atoms with E-state index in [2.05, 4.69) is 6.92 Å². The van der Waals surface area contributed by atoms with Crippen molar-refractivity contribution < 1.29 is 9.90 Å². The topological polar surface area (TPSA) is 40.5 Å². The first kappa shape index (κ1) is 10.5. The second-order valence-electron chi connectivity index (χ2n) is 4.00. The lowest BCUT2D eigenvalue weighted by atomic mass is 9.91. The summed E-state index contributed by atoms with van der Waals surface area (Å²) >= 11 is 0. The van der Waals surface area contributed by atoms with Crippen molar-refractivity contribution in [3.63, 3.8) is 0 Å². The van der Waals surface area contributed by atoms with Gasteiger partial charge in [-0.2, -0.15) is 0 Å². The molecule has 2 atom stereocenters. The van der Waals surface area contributed by atoms with Gasteiger partial charge in [0.15, 0.2) is 0 Å². The van der Waals surface area contributed by atoms with Crippen LogP contribution in [-0.2, 0) is 4.79 Å². The Hall–Kier alpha value is -0.570. The van der Waals surface area contributed by atoms with Crippen molar-refractivity contribution in [2.45, 2.75) is 26.7 Å². The van der Waals surface area contributed by atoms with Gasteiger partial charge in [0.1, 0.15) is 0 Å². The molecule has 1 heterocycles. The third kappa shape index (κ3) is 2.69.